The molecule has 3 heterocycles. The number of rotatable bonds is 11. The fourth-order valence-corrected chi connectivity index (χ4v) is 7.72. The maximum atomic E-state index is 12.0. The SMILES string of the molecule is [2H]C[C@H]1O[C@@H](N2C=CC(NC(C)=O)=NC2=C)[C@@H](OC(=S)N2CCS(=O)(=O)CC2)C1OP(ONCC=C)N(C(C)C)C(C)C. The van der Waals surface area contributed by atoms with E-state index >= 15 is 0 Å². The highest BCUT2D eigenvalue weighted by atomic mass is 32.2. The minimum absolute atomic E-state index is 0.0332. The van der Waals surface area contributed by atoms with Crippen molar-refractivity contribution in [2.24, 2.45) is 4.99 Å². The van der Waals surface area contributed by atoms with Gasteiger partial charge in [-0.2, -0.15) is 5.48 Å². The second-order valence-corrected chi connectivity index (χ2v) is 14.5. The predicted octanol–water partition coefficient (Wildman–Crippen LogP) is 2.40. The monoisotopic (exact) mass is 647 g/mol. The van der Waals surface area contributed by atoms with Crippen LogP contribution in [-0.2, 0) is 33.3 Å². The number of carbonyl (C=O) groups excluding carboxylic acids is 1. The number of thiocarbonyl (C=S) groups is 1. The Kier molecular flexibility index (Phi) is 11.9. The van der Waals surface area contributed by atoms with E-state index in [-0.39, 0.29) is 60.5 Å². The summed E-state index contributed by atoms with van der Waals surface area (Å²) in [6.45, 7) is 17.9. The number of sulfone groups is 1. The fraction of sp³-hybridized carbons (Fsp3) is 0.654. The fourth-order valence-electron chi connectivity index (χ4n) is 4.58. The van der Waals surface area contributed by atoms with Gasteiger partial charge in [0.05, 0.1) is 17.6 Å². The topological polar surface area (TPSA) is 134 Å². The van der Waals surface area contributed by atoms with Crippen LogP contribution in [-0.4, -0.2) is 108 Å². The number of hydrogen-bond acceptors (Lipinski definition) is 12. The van der Waals surface area contributed by atoms with Gasteiger partial charge in [-0.15, -0.1) is 6.58 Å². The van der Waals surface area contributed by atoms with Gasteiger partial charge in [0.2, 0.25) is 5.91 Å². The van der Waals surface area contributed by atoms with Gasteiger partial charge in [-0.25, -0.2) is 22.7 Å². The Balaban J connectivity index is 1.95. The van der Waals surface area contributed by atoms with Crippen LogP contribution in [0.1, 0.15) is 42.9 Å². The number of hydroxylamine groups is 1. The van der Waals surface area contributed by atoms with Crippen molar-refractivity contribution in [2.75, 3.05) is 31.1 Å². The number of hydrogen-bond donors (Lipinski definition) is 2. The van der Waals surface area contributed by atoms with Crippen LogP contribution in [0.3, 0.4) is 0 Å². The normalized spacial score (nSPS) is 26.8. The van der Waals surface area contributed by atoms with Crippen LogP contribution in [0.15, 0.2) is 42.3 Å². The molecule has 236 valence electrons. The van der Waals surface area contributed by atoms with E-state index in [1.165, 1.54) is 6.92 Å². The zero-order chi connectivity index (χ0) is 31.9. The number of amides is 1. The average molecular weight is 648 g/mol. The maximum absolute atomic E-state index is 12.0. The summed E-state index contributed by atoms with van der Waals surface area (Å²) in [5.74, 6) is 0.233. The first kappa shape index (κ1) is 32.9. The number of nitrogens with zero attached hydrogens (tertiary/aromatic N) is 4. The molecule has 3 aliphatic rings. The van der Waals surface area contributed by atoms with Gasteiger partial charge < -0.3 is 29.1 Å². The molecule has 0 aromatic rings. The summed E-state index contributed by atoms with van der Waals surface area (Å²) < 4.78 is 59.9. The quantitative estimate of drug-likeness (QED) is 0.112. The first-order valence-electron chi connectivity index (χ1n) is 14.4. The van der Waals surface area contributed by atoms with Gasteiger partial charge in [0.1, 0.15) is 17.8 Å². The van der Waals surface area contributed by atoms with Crippen LogP contribution < -0.4 is 10.8 Å². The Bertz CT molecular complexity index is 1180. The van der Waals surface area contributed by atoms with Gasteiger partial charge in [0.15, 0.2) is 22.2 Å². The standard InChI is InChI=1S/C26H43N6O7PS2/c1-9-11-27-39-40(32(17(2)3)18(4)5)38-23-19(6)36-25(31-12-10-22(28-20(31)7)29-21(8)33)24(23)37-26(41)30-13-15-42(34,35)16-14-30/h9-10,12,17-19,23-25,27H,1,7,11,13-16H2,2-6,8H3,(H,28,29,33)/t19-,23?,24+,25-,40?/m1/s1/i6D. The number of nitrogens with one attached hydrogen (secondary N) is 2. The van der Waals surface area contributed by atoms with E-state index in [9.17, 15) is 13.2 Å². The molecule has 0 aromatic carbocycles. The largest absolute Gasteiger partial charge is 0.460 e. The molecule has 2 fully saturated rings. The highest BCUT2D eigenvalue weighted by Crippen LogP contribution is 2.49. The third-order valence-corrected chi connectivity index (χ3v) is 10.4. The molecule has 0 saturated carbocycles. The number of aliphatic imine (C=N–C) groups is 1. The van der Waals surface area contributed by atoms with E-state index in [1.807, 2.05) is 27.7 Å². The molecule has 3 rings (SSSR count). The van der Waals surface area contributed by atoms with Gasteiger partial charge in [0, 0.05) is 46.2 Å². The number of ether oxygens (including phenoxy) is 2. The van der Waals surface area contributed by atoms with Gasteiger partial charge in [-0.05, 0) is 52.9 Å². The first-order valence-corrected chi connectivity index (χ1v) is 17.0. The Labute approximate surface area is 257 Å². The molecule has 16 heteroatoms. The minimum atomic E-state index is -3.14. The smallest absolute Gasteiger partial charge is 0.277 e. The van der Waals surface area contributed by atoms with Gasteiger partial charge >= 0.3 is 0 Å². The second kappa shape index (κ2) is 15.2. The zero-order valence-corrected chi connectivity index (χ0v) is 27.3. The summed E-state index contributed by atoms with van der Waals surface area (Å²) in [6.07, 6.45) is 1.57. The van der Waals surface area contributed by atoms with Crippen LogP contribution in [0.2, 0.25) is 0 Å². The van der Waals surface area contributed by atoms with Crippen LogP contribution in [0.4, 0.5) is 0 Å². The molecule has 5 atom stereocenters. The van der Waals surface area contributed by atoms with Crippen molar-refractivity contribution < 1.29 is 33.2 Å². The summed E-state index contributed by atoms with van der Waals surface area (Å²) in [6, 6.07) is 0.0950. The van der Waals surface area contributed by atoms with Crippen molar-refractivity contribution in [3.05, 3.63) is 37.3 Å². The molecule has 0 spiro atoms. The molecular weight excluding hydrogens is 603 g/mol. The lowest BCUT2D eigenvalue weighted by Crippen LogP contribution is -2.50. The second-order valence-electron chi connectivity index (χ2n) is 10.5. The molecular formula is C26H43N6O7PS2. The van der Waals surface area contributed by atoms with E-state index in [2.05, 4.69) is 33.6 Å². The Morgan fingerprint density at radius 3 is 2.55 bits per heavy atom. The molecule has 1 amide bonds. The van der Waals surface area contributed by atoms with E-state index in [1.54, 1.807) is 28.2 Å². The predicted molar refractivity (Wildman–Crippen MR) is 167 cm³/mol. The molecule has 3 aliphatic heterocycles. The van der Waals surface area contributed by atoms with Crippen molar-refractivity contribution in [1.29, 1.82) is 0 Å². The molecule has 0 bridgehead atoms. The van der Waals surface area contributed by atoms with E-state index in [0.29, 0.717) is 12.4 Å². The van der Waals surface area contributed by atoms with Crippen LogP contribution in [0.5, 0.6) is 0 Å². The van der Waals surface area contributed by atoms with Crippen molar-refractivity contribution in [3.63, 3.8) is 0 Å². The zero-order valence-electron chi connectivity index (χ0n) is 25.8. The highest BCUT2D eigenvalue weighted by molar-refractivity contribution is 7.91. The summed E-state index contributed by atoms with van der Waals surface area (Å²) in [7, 11) is -4.88. The molecule has 42 heavy (non-hydrogen) atoms. The van der Waals surface area contributed by atoms with Gasteiger partial charge in [-0.1, -0.05) is 12.7 Å². The molecule has 13 nitrogen and oxygen atoms in total. The summed E-state index contributed by atoms with van der Waals surface area (Å²) >= 11 is 5.65. The summed E-state index contributed by atoms with van der Waals surface area (Å²) in [4.78, 5) is 19.3. The number of carbonyl (C=O) groups is 1. The molecule has 0 radical (unpaired) electrons. The van der Waals surface area contributed by atoms with Crippen LogP contribution in [0, 0.1) is 0 Å². The highest BCUT2D eigenvalue weighted by Gasteiger charge is 2.51. The third-order valence-electron chi connectivity index (χ3n) is 6.47. The van der Waals surface area contributed by atoms with Crippen molar-refractivity contribution >= 4 is 47.5 Å². The summed E-state index contributed by atoms with van der Waals surface area (Å²) in [5, 5.41) is 2.73. The molecule has 2 N–H and O–H groups in total. The van der Waals surface area contributed by atoms with Crippen molar-refractivity contribution in [2.45, 2.75) is 78.1 Å². The van der Waals surface area contributed by atoms with Crippen molar-refractivity contribution in [1.82, 2.24) is 25.3 Å². The van der Waals surface area contributed by atoms with Gasteiger partial charge in [-0.3, -0.25) is 4.79 Å². The Hall–Kier alpha value is -1.97. The Morgan fingerprint density at radius 2 is 2.00 bits per heavy atom. The molecule has 0 aromatic heterocycles. The van der Waals surface area contributed by atoms with Crippen LogP contribution >= 0.6 is 20.7 Å². The maximum Gasteiger partial charge on any atom is 0.277 e. The lowest BCUT2D eigenvalue weighted by atomic mass is 10.1. The van der Waals surface area contributed by atoms with E-state index in [4.69, 9.17) is 32.2 Å². The van der Waals surface area contributed by atoms with E-state index in [0.717, 1.165) is 0 Å². The molecule has 2 saturated heterocycles. The van der Waals surface area contributed by atoms with Gasteiger partial charge in [0.25, 0.3) is 13.7 Å². The van der Waals surface area contributed by atoms with Crippen molar-refractivity contribution in [3.8, 4) is 0 Å². The lowest BCUT2D eigenvalue weighted by Gasteiger charge is -2.39. The number of amidine groups is 1. The molecule has 0 aliphatic carbocycles. The minimum Gasteiger partial charge on any atom is -0.460 e. The first-order chi connectivity index (χ1) is 20.3. The van der Waals surface area contributed by atoms with Crippen LogP contribution in [0.25, 0.3) is 0 Å². The molecule has 2 unspecified atom stereocenters. The van der Waals surface area contributed by atoms with E-state index < -0.39 is 42.9 Å². The average Bonchev–Trinajstić information content (AvgIpc) is 3.24. The Morgan fingerprint density at radius 1 is 1.33 bits per heavy atom. The third kappa shape index (κ3) is 9.02. The summed E-state index contributed by atoms with van der Waals surface area (Å²) in [5.41, 5.74) is 2.89. The lowest BCUT2D eigenvalue weighted by molar-refractivity contribution is -0.117.